The molecule has 2 N–H and O–H groups in total. The summed E-state index contributed by atoms with van der Waals surface area (Å²) < 4.78 is 7.01. The van der Waals surface area contributed by atoms with Gasteiger partial charge in [0.1, 0.15) is 13.2 Å². The summed E-state index contributed by atoms with van der Waals surface area (Å²) in [5.74, 6) is -2.54. The second-order valence-electron chi connectivity index (χ2n) is 6.21. The molecule has 1 heterocycles. The van der Waals surface area contributed by atoms with Crippen LogP contribution in [0.25, 0.3) is 5.69 Å². The molecule has 0 spiro atoms. The molecule has 0 unspecified atom stereocenters. The van der Waals surface area contributed by atoms with E-state index in [4.69, 9.17) is 16.3 Å². The quantitative estimate of drug-likeness (QED) is 0.432. The van der Waals surface area contributed by atoms with Crippen LogP contribution in [0.1, 0.15) is 10.4 Å². The third-order valence-electron chi connectivity index (χ3n) is 3.97. The van der Waals surface area contributed by atoms with Gasteiger partial charge in [-0.05, 0) is 48.5 Å². The summed E-state index contributed by atoms with van der Waals surface area (Å²) >= 11 is 5.75. The molecule has 154 valence electrons. The molecule has 0 bridgehead atoms. The van der Waals surface area contributed by atoms with Crippen molar-refractivity contribution >= 4 is 40.8 Å². The van der Waals surface area contributed by atoms with E-state index >= 15 is 0 Å². The van der Waals surface area contributed by atoms with E-state index in [9.17, 15) is 19.5 Å². The van der Waals surface area contributed by atoms with Crippen LogP contribution in [0, 0.1) is 0 Å². The summed E-state index contributed by atoms with van der Waals surface area (Å²) in [6.07, 6.45) is 3.77. The number of nitrogens with one attached hydrogen (secondary N) is 2. The van der Waals surface area contributed by atoms with Gasteiger partial charge in [0.05, 0.1) is 5.97 Å². The van der Waals surface area contributed by atoms with E-state index in [1.807, 2.05) is 35.2 Å². The van der Waals surface area contributed by atoms with Crippen LogP contribution in [-0.2, 0) is 14.3 Å². The predicted octanol–water partition coefficient (Wildman–Crippen LogP) is -0.908. The fourth-order valence-corrected chi connectivity index (χ4v) is 2.84. The molecule has 0 saturated heterocycles. The maximum atomic E-state index is 12.1. The Balaban J connectivity index is 0.00000341. The molecule has 3 aromatic rings. The second-order valence-corrected chi connectivity index (χ2v) is 6.64. The van der Waals surface area contributed by atoms with E-state index in [0.29, 0.717) is 5.69 Å². The zero-order valence-corrected chi connectivity index (χ0v) is 19.4. The second kappa shape index (κ2) is 11.7. The van der Waals surface area contributed by atoms with Gasteiger partial charge in [-0.1, -0.05) is 17.7 Å². The number of carboxylic acid groups (broad SMARTS) is 1. The van der Waals surface area contributed by atoms with Crippen molar-refractivity contribution in [2.45, 2.75) is 0 Å². The summed E-state index contributed by atoms with van der Waals surface area (Å²) in [4.78, 5) is 35.2. The molecule has 0 aliphatic carbocycles. The maximum absolute atomic E-state index is 12.1. The topological polar surface area (TPSA) is 112 Å². The van der Waals surface area contributed by atoms with E-state index in [2.05, 4.69) is 10.6 Å². The van der Waals surface area contributed by atoms with Crippen molar-refractivity contribution in [2.24, 2.45) is 0 Å². The Morgan fingerprint density at radius 3 is 2.29 bits per heavy atom. The fourth-order valence-electron chi connectivity index (χ4n) is 2.67. The number of amides is 2. The molecule has 0 saturated carbocycles. The number of hydrogen-bond acceptors (Lipinski definition) is 5. The van der Waals surface area contributed by atoms with Crippen molar-refractivity contribution in [3.8, 4) is 5.69 Å². The zero-order chi connectivity index (χ0) is 21.5. The van der Waals surface area contributed by atoms with Crippen molar-refractivity contribution in [3.63, 3.8) is 0 Å². The monoisotopic (exact) mass is 449 g/mol. The Labute approximate surface area is 205 Å². The number of aromatic nitrogens is 1. The van der Waals surface area contributed by atoms with Crippen molar-refractivity contribution < 1.29 is 53.8 Å². The molecule has 31 heavy (non-hydrogen) atoms. The van der Waals surface area contributed by atoms with Gasteiger partial charge in [-0.3, -0.25) is 9.59 Å². The minimum atomic E-state index is -1.48. The van der Waals surface area contributed by atoms with Crippen molar-refractivity contribution in [1.82, 2.24) is 4.57 Å². The van der Waals surface area contributed by atoms with Gasteiger partial charge in [0, 0.05) is 40.0 Å². The first kappa shape index (κ1) is 24.6. The molecular weight excluding hydrogens is 433 g/mol. The fraction of sp³-hybridized carbons (Fsp3) is 0.0952. The van der Waals surface area contributed by atoms with Crippen molar-refractivity contribution in [3.05, 3.63) is 77.6 Å². The molecule has 0 radical (unpaired) electrons. The molecule has 2 amide bonds. The molecule has 2 aromatic carbocycles. The van der Waals surface area contributed by atoms with Crippen LogP contribution in [0.4, 0.5) is 11.4 Å². The maximum Gasteiger partial charge on any atom is 1.00 e. The number of nitrogens with zero attached hydrogens (tertiary/aromatic N) is 1. The Morgan fingerprint density at radius 1 is 0.935 bits per heavy atom. The summed E-state index contributed by atoms with van der Waals surface area (Å²) in [7, 11) is 0. The average Bonchev–Trinajstić information content (AvgIpc) is 3.24. The van der Waals surface area contributed by atoms with Crippen LogP contribution < -0.4 is 45.3 Å². The first-order chi connectivity index (χ1) is 14.4. The van der Waals surface area contributed by atoms with E-state index < -0.39 is 24.4 Å². The first-order valence-corrected chi connectivity index (χ1v) is 9.22. The van der Waals surface area contributed by atoms with Gasteiger partial charge in [-0.15, -0.1) is 0 Å². The Hall–Kier alpha value is -2.62. The third-order valence-corrected chi connectivity index (χ3v) is 4.21. The van der Waals surface area contributed by atoms with Crippen molar-refractivity contribution in [1.29, 1.82) is 0 Å². The number of aromatic carboxylic acids is 1. The first-order valence-electron chi connectivity index (χ1n) is 8.84. The minimum absolute atomic E-state index is 0. The smallest absolute Gasteiger partial charge is 0.545 e. The van der Waals surface area contributed by atoms with Gasteiger partial charge in [0.2, 0.25) is 11.8 Å². The molecule has 1 aromatic heterocycles. The van der Waals surface area contributed by atoms with E-state index in [1.54, 1.807) is 18.2 Å². The van der Waals surface area contributed by atoms with Gasteiger partial charge >= 0.3 is 29.6 Å². The van der Waals surface area contributed by atoms with Gasteiger partial charge in [0.25, 0.3) is 0 Å². The van der Waals surface area contributed by atoms with Crippen LogP contribution in [0.5, 0.6) is 0 Å². The molecule has 0 fully saturated rings. The molecule has 0 atom stereocenters. The van der Waals surface area contributed by atoms with Crippen LogP contribution in [0.3, 0.4) is 0 Å². The minimum Gasteiger partial charge on any atom is -0.545 e. The number of rotatable bonds is 8. The number of benzene rings is 2. The van der Waals surface area contributed by atoms with Crippen LogP contribution in [0.2, 0.25) is 5.02 Å². The van der Waals surface area contributed by atoms with Crippen LogP contribution in [0.15, 0.2) is 67.0 Å². The molecular formula is C21H17ClN3NaO5. The zero-order valence-electron chi connectivity index (χ0n) is 16.6. The molecule has 0 aliphatic heterocycles. The Bertz CT molecular complexity index is 1070. The van der Waals surface area contributed by atoms with Gasteiger partial charge in [-0.25, -0.2) is 0 Å². The number of carbonyl (C=O) groups excluding carboxylic acids is 3. The summed E-state index contributed by atoms with van der Waals surface area (Å²) in [5, 5.41) is 16.4. The van der Waals surface area contributed by atoms with Gasteiger partial charge in [0.15, 0.2) is 0 Å². The molecule has 0 aliphatic rings. The van der Waals surface area contributed by atoms with E-state index in [-0.39, 0.29) is 52.4 Å². The van der Waals surface area contributed by atoms with Crippen LogP contribution >= 0.6 is 11.6 Å². The summed E-state index contributed by atoms with van der Waals surface area (Å²) in [6, 6.07) is 15.0. The van der Waals surface area contributed by atoms with Crippen molar-refractivity contribution in [2.75, 3.05) is 23.8 Å². The van der Waals surface area contributed by atoms with E-state index in [0.717, 1.165) is 5.69 Å². The summed E-state index contributed by atoms with van der Waals surface area (Å²) in [6.45, 7) is -0.791. The number of anilines is 2. The number of ether oxygens (including phenoxy) is 1. The predicted molar refractivity (Wildman–Crippen MR) is 110 cm³/mol. The number of carbonyl (C=O) groups is 3. The third kappa shape index (κ3) is 7.23. The Kier molecular flexibility index (Phi) is 9.29. The van der Waals surface area contributed by atoms with Crippen LogP contribution in [-0.4, -0.2) is 35.6 Å². The molecule has 8 nitrogen and oxygen atoms in total. The normalized spacial score (nSPS) is 10.1. The van der Waals surface area contributed by atoms with E-state index in [1.165, 1.54) is 18.2 Å². The van der Waals surface area contributed by atoms with Gasteiger partial charge < -0.3 is 29.8 Å². The Morgan fingerprint density at radius 2 is 1.61 bits per heavy atom. The average molecular weight is 450 g/mol. The largest absolute Gasteiger partial charge is 1.00 e. The standard InChI is InChI=1S/C21H18ClN3O5.Na/c22-14-6-7-18(17(10-14)21(28)29)24-20(27)13-30-12-19(26)23-15-4-3-5-16(11-15)25-8-1-2-9-25;/h1-11H,12-13H2,(H,23,26)(H,24,27)(H,28,29);/q;+1/p-1. The molecule has 3 rings (SSSR count). The number of hydrogen-bond donors (Lipinski definition) is 2. The number of carboxylic acids is 1. The summed E-state index contributed by atoms with van der Waals surface area (Å²) in [5.41, 5.74) is 1.24. The number of halogens is 1. The SMILES string of the molecule is O=C(COCC(=O)Nc1ccc(Cl)cc1C(=O)[O-])Nc1cccc(-n2cccc2)c1.[Na+]. The molecule has 10 heteroatoms. The van der Waals surface area contributed by atoms with Gasteiger partial charge in [-0.2, -0.15) is 0 Å².